The Balaban J connectivity index is 2.11. The average molecular weight is 327 g/mol. The Morgan fingerprint density at radius 3 is 2.72 bits per heavy atom. The van der Waals surface area contributed by atoms with Gasteiger partial charge in [0.2, 0.25) is 0 Å². The van der Waals surface area contributed by atoms with Gasteiger partial charge in [-0.05, 0) is 40.2 Å². The zero-order chi connectivity index (χ0) is 13.0. The maximum atomic E-state index is 5.90. The molecule has 0 fully saturated rings. The number of anilines is 1. The molecule has 0 unspecified atom stereocenters. The van der Waals surface area contributed by atoms with E-state index in [-0.39, 0.29) is 0 Å². The van der Waals surface area contributed by atoms with Crippen LogP contribution in [0, 0.1) is 0 Å². The number of hydrogen-bond donors (Lipinski definition) is 1. The first kappa shape index (κ1) is 13.2. The van der Waals surface area contributed by atoms with Gasteiger partial charge in [0.1, 0.15) is 5.75 Å². The van der Waals surface area contributed by atoms with Gasteiger partial charge in [-0.15, -0.1) is 0 Å². The molecular weight excluding hydrogens is 314 g/mol. The van der Waals surface area contributed by atoms with Crippen molar-refractivity contribution in [3.05, 3.63) is 57.5 Å². The zero-order valence-electron chi connectivity index (χ0n) is 9.91. The summed E-state index contributed by atoms with van der Waals surface area (Å²) in [6.45, 7) is 0.699. The van der Waals surface area contributed by atoms with E-state index in [9.17, 15) is 0 Å². The Kier molecular flexibility index (Phi) is 4.50. The van der Waals surface area contributed by atoms with E-state index in [0.717, 1.165) is 21.5 Å². The van der Waals surface area contributed by atoms with Gasteiger partial charge in [-0.25, -0.2) is 0 Å². The molecule has 0 aliphatic heterocycles. The van der Waals surface area contributed by atoms with Crippen molar-refractivity contribution in [3.8, 4) is 5.75 Å². The number of methoxy groups -OCH3 is 1. The summed E-state index contributed by atoms with van der Waals surface area (Å²) in [6.07, 6.45) is 0. The molecule has 94 valence electrons. The predicted molar refractivity (Wildman–Crippen MR) is 79.5 cm³/mol. The number of benzene rings is 2. The standard InChI is InChI=1S/C14H13BrClNO/c1-18-14-5-3-2-4-10(14)9-17-13-7-6-11(16)8-12(13)15/h2-8,17H,9H2,1H3. The van der Waals surface area contributed by atoms with Gasteiger partial charge in [-0.3, -0.25) is 0 Å². The average Bonchev–Trinajstić information content (AvgIpc) is 2.38. The predicted octanol–water partition coefficient (Wildman–Crippen LogP) is 4.72. The fourth-order valence-corrected chi connectivity index (χ4v) is 2.50. The molecule has 0 aromatic heterocycles. The highest BCUT2D eigenvalue weighted by Crippen LogP contribution is 2.27. The third-order valence-corrected chi connectivity index (χ3v) is 3.48. The highest BCUT2D eigenvalue weighted by Gasteiger charge is 2.03. The first-order valence-corrected chi connectivity index (χ1v) is 6.68. The van der Waals surface area contributed by atoms with Crippen LogP contribution in [-0.4, -0.2) is 7.11 Å². The van der Waals surface area contributed by atoms with E-state index in [1.807, 2.05) is 42.5 Å². The molecule has 0 atom stereocenters. The molecule has 0 spiro atoms. The molecule has 0 heterocycles. The highest BCUT2D eigenvalue weighted by molar-refractivity contribution is 9.10. The fourth-order valence-electron chi connectivity index (χ4n) is 1.67. The number of ether oxygens (including phenoxy) is 1. The third-order valence-electron chi connectivity index (χ3n) is 2.59. The van der Waals surface area contributed by atoms with E-state index in [4.69, 9.17) is 16.3 Å². The highest BCUT2D eigenvalue weighted by atomic mass is 79.9. The lowest BCUT2D eigenvalue weighted by atomic mass is 10.2. The van der Waals surface area contributed by atoms with Crippen LogP contribution in [0.25, 0.3) is 0 Å². The molecule has 0 aliphatic carbocycles. The largest absolute Gasteiger partial charge is 0.496 e. The van der Waals surface area contributed by atoms with Crippen LogP contribution in [0.3, 0.4) is 0 Å². The van der Waals surface area contributed by atoms with Crippen molar-refractivity contribution in [3.63, 3.8) is 0 Å². The van der Waals surface area contributed by atoms with E-state index < -0.39 is 0 Å². The minimum Gasteiger partial charge on any atom is -0.496 e. The van der Waals surface area contributed by atoms with Crippen LogP contribution in [0.2, 0.25) is 5.02 Å². The molecule has 0 saturated heterocycles. The summed E-state index contributed by atoms with van der Waals surface area (Å²) < 4.78 is 6.26. The number of nitrogens with one attached hydrogen (secondary N) is 1. The minimum atomic E-state index is 0.699. The van der Waals surface area contributed by atoms with Crippen molar-refractivity contribution in [2.24, 2.45) is 0 Å². The van der Waals surface area contributed by atoms with Crippen molar-refractivity contribution in [2.75, 3.05) is 12.4 Å². The van der Waals surface area contributed by atoms with Gasteiger partial charge in [0.05, 0.1) is 7.11 Å². The van der Waals surface area contributed by atoms with Gasteiger partial charge in [-0.1, -0.05) is 29.8 Å². The molecule has 18 heavy (non-hydrogen) atoms. The number of para-hydroxylation sites is 1. The van der Waals surface area contributed by atoms with Gasteiger partial charge in [-0.2, -0.15) is 0 Å². The van der Waals surface area contributed by atoms with Crippen LogP contribution < -0.4 is 10.1 Å². The maximum Gasteiger partial charge on any atom is 0.123 e. The lowest BCUT2D eigenvalue weighted by Crippen LogP contribution is -2.02. The third kappa shape index (κ3) is 3.18. The molecule has 0 amide bonds. The van der Waals surface area contributed by atoms with Crippen molar-refractivity contribution in [2.45, 2.75) is 6.54 Å². The molecule has 2 rings (SSSR count). The van der Waals surface area contributed by atoms with E-state index in [0.29, 0.717) is 11.6 Å². The molecule has 0 aliphatic rings. The Hall–Kier alpha value is -1.19. The summed E-state index contributed by atoms with van der Waals surface area (Å²) >= 11 is 9.38. The Labute approximate surface area is 120 Å². The Morgan fingerprint density at radius 1 is 1.22 bits per heavy atom. The smallest absolute Gasteiger partial charge is 0.123 e. The normalized spacial score (nSPS) is 10.2. The molecular formula is C14H13BrClNO. The van der Waals surface area contributed by atoms with Gasteiger partial charge in [0, 0.05) is 27.3 Å². The van der Waals surface area contributed by atoms with E-state index in [2.05, 4.69) is 21.2 Å². The second kappa shape index (κ2) is 6.12. The lowest BCUT2D eigenvalue weighted by Gasteiger charge is -2.11. The van der Waals surface area contributed by atoms with Crippen LogP contribution in [0.4, 0.5) is 5.69 Å². The zero-order valence-corrected chi connectivity index (χ0v) is 12.3. The van der Waals surface area contributed by atoms with Gasteiger partial charge >= 0.3 is 0 Å². The van der Waals surface area contributed by atoms with Crippen LogP contribution in [0.5, 0.6) is 5.75 Å². The van der Waals surface area contributed by atoms with E-state index >= 15 is 0 Å². The molecule has 0 radical (unpaired) electrons. The number of halogens is 2. The quantitative estimate of drug-likeness (QED) is 0.877. The summed E-state index contributed by atoms with van der Waals surface area (Å²) in [5, 5.41) is 4.06. The monoisotopic (exact) mass is 325 g/mol. The summed E-state index contributed by atoms with van der Waals surface area (Å²) in [5.74, 6) is 0.884. The molecule has 2 aromatic rings. The van der Waals surface area contributed by atoms with Crippen LogP contribution >= 0.6 is 27.5 Å². The SMILES string of the molecule is COc1ccccc1CNc1ccc(Cl)cc1Br. The van der Waals surface area contributed by atoms with Crippen molar-refractivity contribution < 1.29 is 4.74 Å². The van der Waals surface area contributed by atoms with Crippen LogP contribution in [-0.2, 0) is 6.54 Å². The van der Waals surface area contributed by atoms with E-state index in [1.54, 1.807) is 7.11 Å². The Bertz CT molecular complexity index is 545. The molecule has 1 N–H and O–H groups in total. The van der Waals surface area contributed by atoms with Crippen molar-refractivity contribution >= 4 is 33.2 Å². The lowest BCUT2D eigenvalue weighted by molar-refractivity contribution is 0.410. The van der Waals surface area contributed by atoms with Crippen molar-refractivity contribution in [1.29, 1.82) is 0 Å². The molecule has 2 nitrogen and oxygen atoms in total. The van der Waals surface area contributed by atoms with Gasteiger partial charge < -0.3 is 10.1 Å². The molecule has 0 bridgehead atoms. The first-order chi connectivity index (χ1) is 8.70. The van der Waals surface area contributed by atoms with Gasteiger partial charge in [0.25, 0.3) is 0 Å². The molecule has 0 saturated carbocycles. The van der Waals surface area contributed by atoms with Crippen LogP contribution in [0.1, 0.15) is 5.56 Å². The minimum absolute atomic E-state index is 0.699. The Morgan fingerprint density at radius 2 is 2.00 bits per heavy atom. The summed E-state index contributed by atoms with van der Waals surface area (Å²) in [7, 11) is 1.68. The van der Waals surface area contributed by atoms with Crippen molar-refractivity contribution in [1.82, 2.24) is 0 Å². The summed E-state index contributed by atoms with van der Waals surface area (Å²) in [5.41, 5.74) is 2.12. The summed E-state index contributed by atoms with van der Waals surface area (Å²) in [4.78, 5) is 0. The number of rotatable bonds is 4. The van der Waals surface area contributed by atoms with E-state index in [1.165, 1.54) is 0 Å². The van der Waals surface area contributed by atoms with Crippen LogP contribution in [0.15, 0.2) is 46.9 Å². The number of hydrogen-bond acceptors (Lipinski definition) is 2. The second-order valence-corrected chi connectivity index (χ2v) is 5.08. The fraction of sp³-hybridized carbons (Fsp3) is 0.143. The molecule has 2 aromatic carbocycles. The summed E-state index contributed by atoms with van der Waals surface area (Å²) in [6, 6.07) is 13.6. The maximum absolute atomic E-state index is 5.90. The molecule has 4 heteroatoms. The van der Waals surface area contributed by atoms with Gasteiger partial charge in [0.15, 0.2) is 0 Å². The second-order valence-electron chi connectivity index (χ2n) is 3.79. The topological polar surface area (TPSA) is 21.3 Å². The first-order valence-electron chi connectivity index (χ1n) is 5.51.